The van der Waals surface area contributed by atoms with Crippen molar-refractivity contribution in [3.8, 4) is 5.69 Å². The molecule has 34 heavy (non-hydrogen) atoms. The lowest BCUT2D eigenvalue weighted by Gasteiger charge is -2.28. The summed E-state index contributed by atoms with van der Waals surface area (Å²) >= 11 is 6.48. The van der Waals surface area contributed by atoms with Crippen molar-refractivity contribution in [2.24, 2.45) is 5.41 Å². The summed E-state index contributed by atoms with van der Waals surface area (Å²) in [7, 11) is 0. The first-order valence-corrected chi connectivity index (χ1v) is 11.8. The quantitative estimate of drug-likeness (QED) is 0.401. The SMILES string of the molecule is O=c1c2c(Cl)cccc2nc([C@@H]2CC3(CC3)CN2c2ncnc3[nH]ccc23)n1-c1ccccc1. The third-order valence-electron chi connectivity index (χ3n) is 7.26. The Bertz CT molecular complexity index is 1620. The zero-order chi connectivity index (χ0) is 22.9. The van der Waals surface area contributed by atoms with E-state index in [0.717, 1.165) is 41.3 Å². The normalized spacial score (nSPS) is 18.9. The lowest BCUT2D eigenvalue weighted by atomic mass is 10.0. The van der Waals surface area contributed by atoms with Crippen LogP contribution < -0.4 is 10.5 Å². The van der Waals surface area contributed by atoms with E-state index in [9.17, 15) is 4.79 Å². The second kappa shape index (κ2) is 7.14. The second-order valence-corrected chi connectivity index (χ2v) is 9.77. The summed E-state index contributed by atoms with van der Waals surface area (Å²) in [5.41, 5.74) is 2.29. The van der Waals surface area contributed by atoms with Crippen molar-refractivity contribution in [1.82, 2.24) is 24.5 Å². The molecule has 0 radical (unpaired) electrons. The number of fused-ring (bicyclic) bond motifs is 2. The molecular formula is C26H21ClN6O. The molecule has 168 valence electrons. The molecule has 3 aromatic heterocycles. The van der Waals surface area contributed by atoms with Crippen LogP contribution in [0.25, 0.3) is 27.6 Å². The number of benzene rings is 2. The zero-order valence-corrected chi connectivity index (χ0v) is 19.0. The fourth-order valence-corrected chi connectivity index (χ4v) is 5.64. The van der Waals surface area contributed by atoms with Crippen LogP contribution in [0.2, 0.25) is 5.02 Å². The van der Waals surface area contributed by atoms with Crippen molar-refractivity contribution in [2.45, 2.75) is 25.3 Å². The molecule has 1 aliphatic carbocycles. The highest BCUT2D eigenvalue weighted by Gasteiger charge is 2.54. The van der Waals surface area contributed by atoms with E-state index in [2.05, 4.69) is 14.9 Å². The molecule has 0 unspecified atom stereocenters. The first-order valence-electron chi connectivity index (χ1n) is 11.4. The maximum absolute atomic E-state index is 13.9. The van der Waals surface area contributed by atoms with E-state index in [1.165, 1.54) is 12.8 Å². The molecule has 5 aromatic rings. The van der Waals surface area contributed by atoms with Crippen LogP contribution in [0.4, 0.5) is 5.82 Å². The van der Waals surface area contributed by atoms with Crippen LogP contribution in [0.15, 0.2) is 71.9 Å². The standard InChI is InChI=1S/C26H21ClN6O/c27-18-7-4-8-19-21(18)25(34)33(16-5-2-1-3-6-16)24(31-19)20-13-26(10-11-26)14-32(20)23-17-9-12-28-22(17)29-15-30-23/h1-9,12,15,20H,10-11,13-14H2,(H,28,29,30)/t20-/m0/s1. The Labute approximate surface area is 200 Å². The summed E-state index contributed by atoms with van der Waals surface area (Å²) in [6, 6.07) is 17.1. The molecule has 1 N–H and O–H groups in total. The topological polar surface area (TPSA) is 79.7 Å². The van der Waals surface area contributed by atoms with Gasteiger partial charge in [0.25, 0.3) is 5.56 Å². The van der Waals surface area contributed by atoms with Crippen molar-refractivity contribution in [3.63, 3.8) is 0 Å². The minimum absolute atomic E-state index is 0.105. The number of hydrogen-bond acceptors (Lipinski definition) is 5. The van der Waals surface area contributed by atoms with Gasteiger partial charge in [0.2, 0.25) is 0 Å². The van der Waals surface area contributed by atoms with Gasteiger partial charge in [-0.05, 0) is 55.0 Å². The van der Waals surface area contributed by atoms with Crippen molar-refractivity contribution in [3.05, 3.63) is 88.3 Å². The third-order valence-corrected chi connectivity index (χ3v) is 7.57. The van der Waals surface area contributed by atoms with Gasteiger partial charge in [0.05, 0.1) is 33.0 Å². The minimum Gasteiger partial charge on any atom is -0.346 e. The van der Waals surface area contributed by atoms with Crippen LogP contribution in [-0.4, -0.2) is 31.0 Å². The Morgan fingerprint density at radius 2 is 1.88 bits per heavy atom. The monoisotopic (exact) mass is 468 g/mol. The van der Waals surface area contributed by atoms with Gasteiger partial charge in [-0.2, -0.15) is 0 Å². The number of rotatable bonds is 3. The largest absolute Gasteiger partial charge is 0.346 e. The number of halogens is 1. The summed E-state index contributed by atoms with van der Waals surface area (Å²) in [6.07, 6.45) is 6.76. The molecule has 4 heterocycles. The molecule has 1 atom stereocenters. The Kier molecular flexibility index (Phi) is 4.14. The van der Waals surface area contributed by atoms with Crippen molar-refractivity contribution in [1.29, 1.82) is 0 Å². The van der Waals surface area contributed by atoms with E-state index in [-0.39, 0.29) is 17.0 Å². The third kappa shape index (κ3) is 2.90. The molecule has 1 aliphatic heterocycles. The van der Waals surface area contributed by atoms with Gasteiger partial charge in [0.1, 0.15) is 23.6 Å². The highest BCUT2D eigenvalue weighted by atomic mass is 35.5. The number of aromatic nitrogens is 5. The van der Waals surface area contributed by atoms with Crippen LogP contribution in [0.3, 0.4) is 0 Å². The molecular weight excluding hydrogens is 448 g/mol. The molecule has 2 aliphatic rings. The van der Waals surface area contributed by atoms with Crippen molar-refractivity contribution < 1.29 is 0 Å². The van der Waals surface area contributed by atoms with Gasteiger partial charge in [-0.25, -0.2) is 15.0 Å². The number of H-pyrrole nitrogens is 1. The first kappa shape index (κ1) is 19.7. The Morgan fingerprint density at radius 3 is 2.71 bits per heavy atom. The van der Waals surface area contributed by atoms with E-state index < -0.39 is 0 Å². The van der Waals surface area contributed by atoms with Crippen molar-refractivity contribution in [2.75, 3.05) is 11.4 Å². The van der Waals surface area contributed by atoms with Gasteiger partial charge < -0.3 is 9.88 Å². The summed E-state index contributed by atoms with van der Waals surface area (Å²) < 4.78 is 1.74. The zero-order valence-electron chi connectivity index (χ0n) is 18.3. The average molecular weight is 469 g/mol. The maximum atomic E-state index is 13.9. The highest BCUT2D eigenvalue weighted by molar-refractivity contribution is 6.35. The molecule has 0 amide bonds. The smallest absolute Gasteiger partial charge is 0.267 e. The Morgan fingerprint density at radius 1 is 1.03 bits per heavy atom. The van der Waals surface area contributed by atoms with Gasteiger partial charge in [0, 0.05) is 12.7 Å². The van der Waals surface area contributed by atoms with Gasteiger partial charge in [-0.3, -0.25) is 9.36 Å². The summed E-state index contributed by atoms with van der Waals surface area (Å²) in [4.78, 5) is 33.6. The number of nitrogens with zero attached hydrogens (tertiary/aromatic N) is 5. The molecule has 1 saturated heterocycles. The predicted molar refractivity (Wildman–Crippen MR) is 133 cm³/mol. The lowest BCUT2D eigenvalue weighted by molar-refractivity contribution is 0.536. The van der Waals surface area contributed by atoms with E-state index in [1.807, 2.05) is 54.7 Å². The summed E-state index contributed by atoms with van der Waals surface area (Å²) in [5, 5.41) is 1.83. The molecule has 7 nitrogen and oxygen atoms in total. The molecule has 8 heteroatoms. The minimum atomic E-state index is -0.150. The van der Waals surface area contributed by atoms with E-state index in [4.69, 9.17) is 21.6 Å². The first-order chi connectivity index (χ1) is 16.6. The van der Waals surface area contributed by atoms with Crippen LogP contribution in [0.5, 0.6) is 0 Å². The maximum Gasteiger partial charge on any atom is 0.267 e. The van der Waals surface area contributed by atoms with Crippen LogP contribution in [0, 0.1) is 5.41 Å². The van der Waals surface area contributed by atoms with Gasteiger partial charge in [0.15, 0.2) is 0 Å². The average Bonchev–Trinajstić information content (AvgIpc) is 3.25. The van der Waals surface area contributed by atoms with E-state index in [1.54, 1.807) is 17.0 Å². The number of aromatic amines is 1. The fraction of sp³-hybridized carbons (Fsp3) is 0.231. The number of para-hydroxylation sites is 1. The molecule has 7 rings (SSSR count). The molecule has 1 spiro atoms. The van der Waals surface area contributed by atoms with Gasteiger partial charge in [-0.1, -0.05) is 35.9 Å². The number of anilines is 1. The number of hydrogen-bond donors (Lipinski definition) is 1. The van der Waals surface area contributed by atoms with Gasteiger partial charge >= 0.3 is 0 Å². The van der Waals surface area contributed by atoms with E-state index >= 15 is 0 Å². The van der Waals surface area contributed by atoms with Crippen LogP contribution >= 0.6 is 11.6 Å². The predicted octanol–water partition coefficient (Wildman–Crippen LogP) is 5.04. The molecule has 2 aromatic carbocycles. The second-order valence-electron chi connectivity index (χ2n) is 9.37. The molecule has 1 saturated carbocycles. The number of nitrogens with one attached hydrogen (secondary N) is 1. The Balaban J connectivity index is 1.51. The Hall–Kier alpha value is -3.71. The molecule has 0 bridgehead atoms. The summed E-state index contributed by atoms with van der Waals surface area (Å²) in [5.74, 6) is 1.59. The molecule has 2 fully saturated rings. The fourth-order valence-electron chi connectivity index (χ4n) is 5.39. The van der Waals surface area contributed by atoms with E-state index in [0.29, 0.717) is 15.9 Å². The highest BCUT2D eigenvalue weighted by Crippen LogP contribution is 2.59. The summed E-state index contributed by atoms with van der Waals surface area (Å²) in [6.45, 7) is 0.882. The van der Waals surface area contributed by atoms with Crippen LogP contribution in [-0.2, 0) is 0 Å². The van der Waals surface area contributed by atoms with Crippen molar-refractivity contribution >= 4 is 39.4 Å². The van der Waals surface area contributed by atoms with Gasteiger partial charge in [-0.15, -0.1) is 0 Å². The van der Waals surface area contributed by atoms with Crippen LogP contribution in [0.1, 0.15) is 31.1 Å². The lowest BCUT2D eigenvalue weighted by Crippen LogP contribution is -2.32.